The number of carbonyl (C=O) groups is 1. The van der Waals surface area contributed by atoms with Gasteiger partial charge in [0.15, 0.2) is 9.84 Å². The average molecular weight is 352 g/mol. The van der Waals surface area contributed by atoms with E-state index >= 15 is 0 Å². The number of rotatable bonds is 5. The van der Waals surface area contributed by atoms with Crippen LogP contribution in [-0.4, -0.2) is 63.4 Å². The van der Waals surface area contributed by atoms with Crippen molar-refractivity contribution in [3.63, 3.8) is 0 Å². The predicted molar refractivity (Wildman–Crippen MR) is 83.6 cm³/mol. The third-order valence-corrected chi connectivity index (χ3v) is 7.35. The van der Waals surface area contributed by atoms with Crippen molar-refractivity contribution in [2.24, 2.45) is 0 Å². The molecule has 0 radical (unpaired) electrons. The molecule has 1 atom stereocenters. The van der Waals surface area contributed by atoms with Gasteiger partial charge in [-0.25, -0.2) is 16.8 Å². The maximum absolute atomic E-state index is 12.1. The molecular weight excluding hydrogens is 328 g/mol. The molecule has 0 aromatic rings. The largest absolute Gasteiger partial charge is 0.351 e. The van der Waals surface area contributed by atoms with Gasteiger partial charge < -0.3 is 5.32 Å². The fourth-order valence-electron chi connectivity index (χ4n) is 3.21. The summed E-state index contributed by atoms with van der Waals surface area (Å²) in [7, 11) is -6.53. The van der Waals surface area contributed by atoms with Gasteiger partial charge in [-0.15, -0.1) is 0 Å². The van der Waals surface area contributed by atoms with E-state index < -0.39 is 31.8 Å². The lowest BCUT2D eigenvalue weighted by molar-refractivity contribution is -0.122. The molecule has 0 bridgehead atoms. The second kappa shape index (κ2) is 6.84. The average Bonchev–Trinajstić information content (AvgIpc) is 2.75. The second-order valence-corrected chi connectivity index (χ2v) is 10.4. The standard InChI is InChI=1S/C13H24N2O5S2/c1-21(17,18)15(12-5-3-2-4-6-12)9-13(16)14-11-7-8-22(19,20)10-11/h11-12H,2-10H2,1H3,(H,14,16). The maximum atomic E-state index is 12.1. The van der Waals surface area contributed by atoms with E-state index in [1.54, 1.807) is 0 Å². The number of sulfone groups is 1. The zero-order chi connectivity index (χ0) is 16.4. The Morgan fingerprint density at radius 2 is 1.82 bits per heavy atom. The van der Waals surface area contributed by atoms with E-state index in [1.165, 1.54) is 4.31 Å². The minimum absolute atomic E-state index is 0.0545. The summed E-state index contributed by atoms with van der Waals surface area (Å²) in [4.78, 5) is 12.1. The van der Waals surface area contributed by atoms with Crippen molar-refractivity contribution >= 4 is 25.8 Å². The van der Waals surface area contributed by atoms with Crippen molar-refractivity contribution in [1.82, 2.24) is 9.62 Å². The highest BCUT2D eigenvalue weighted by Gasteiger charge is 2.32. The van der Waals surface area contributed by atoms with Crippen molar-refractivity contribution in [2.45, 2.75) is 50.6 Å². The quantitative estimate of drug-likeness (QED) is 0.744. The van der Waals surface area contributed by atoms with Crippen LogP contribution in [0.25, 0.3) is 0 Å². The number of sulfonamides is 1. The molecule has 7 nitrogen and oxygen atoms in total. The van der Waals surface area contributed by atoms with Crippen LogP contribution in [0.2, 0.25) is 0 Å². The van der Waals surface area contributed by atoms with Crippen LogP contribution in [0.3, 0.4) is 0 Å². The van der Waals surface area contributed by atoms with E-state index in [2.05, 4.69) is 5.32 Å². The number of carbonyl (C=O) groups excluding carboxylic acids is 1. The van der Waals surface area contributed by atoms with E-state index in [1.807, 2.05) is 0 Å². The molecule has 0 spiro atoms. The van der Waals surface area contributed by atoms with Crippen LogP contribution in [0.15, 0.2) is 0 Å². The van der Waals surface area contributed by atoms with Gasteiger partial charge in [-0.3, -0.25) is 4.79 Å². The van der Waals surface area contributed by atoms with Crippen LogP contribution >= 0.6 is 0 Å². The van der Waals surface area contributed by atoms with Gasteiger partial charge in [-0.1, -0.05) is 19.3 Å². The first-order valence-electron chi connectivity index (χ1n) is 7.64. The molecule has 1 heterocycles. The van der Waals surface area contributed by atoms with Crippen LogP contribution in [-0.2, 0) is 24.7 Å². The number of amides is 1. The zero-order valence-electron chi connectivity index (χ0n) is 12.8. The van der Waals surface area contributed by atoms with Gasteiger partial charge >= 0.3 is 0 Å². The highest BCUT2D eigenvalue weighted by Crippen LogP contribution is 2.24. The zero-order valence-corrected chi connectivity index (χ0v) is 14.5. The molecule has 1 unspecified atom stereocenters. The Balaban J connectivity index is 1.96. The van der Waals surface area contributed by atoms with Gasteiger partial charge in [0, 0.05) is 12.1 Å². The molecule has 0 aromatic heterocycles. The Hall–Kier alpha value is -0.670. The van der Waals surface area contributed by atoms with Crippen LogP contribution in [0.1, 0.15) is 38.5 Å². The van der Waals surface area contributed by atoms with Gasteiger partial charge in [0.05, 0.1) is 24.3 Å². The molecule has 22 heavy (non-hydrogen) atoms. The number of hydrogen-bond donors (Lipinski definition) is 1. The minimum atomic E-state index is -3.46. The molecule has 9 heteroatoms. The molecule has 1 saturated carbocycles. The van der Waals surface area contributed by atoms with Crippen LogP contribution < -0.4 is 5.32 Å². The normalized spacial score (nSPS) is 26.2. The Morgan fingerprint density at radius 3 is 2.32 bits per heavy atom. The van der Waals surface area contributed by atoms with Gasteiger partial charge in [-0.2, -0.15) is 4.31 Å². The van der Waals surface area contributed by atoms with Crippen LogP contribution in [0.5, 0.6) is 0 Å². The Bertz CT molecular complexity index is 608. The summed E-state index contributed by atoms with van der Waals surface area (Å²) in [6.45, 7) is -0.222. The lowest BCUT2D eigenvalue weighted by Crippen LogP contribution is -2.48. The summed E-state index contributed by atoms with van der Waals surface area (Å²) in [6, 6.07) is -0.521. The van der Waals surface area contributed by atoms with Crippen LogP contribution in [0.4, 0.5) is 0 Å². The first-order valence-corrected chi connectivity index (χ1v) is 11.3. The number of nitrogens with one attached hydrogen (secondary N) is 1. The highest BCUT2D eigenvalue weighted by atomic mass is 32.2. The van der Waals surface area contributed by atoms with E-state index in [0.29, 0.717) is 6.42 Å². The van der Waals surface area contributed by atoms with Crippen molar-refractivity contribution in [3.8, 4) is 0 Å². The third-order valence-electron chi connectivity index (χ3n) is 4.30. The second-order valence-electron chi connectivity index (χ2n) is 6.27. The fourth-order valence-corrected chi connectivity index (χ4v) is 5.99. The summed E-state index contributed by atoms with van der Waals surface area (Å²) >= 11 is 0. The first kappa shape index (κ1) is 17.7. The first-order chi connectivity index (χ1) is 10.2. The lowest BCUT2D eigenvalue weighted by atomic mass is 9.95. The van der Waals surface area contributed by atoms with Crippen molar-refractivity contribution < 1.29 is 21.6 Å². The lowest BCUT2D eigenvalue weighted by Gasteiger charge is -2.32. The molecule has 2 rings (SSSR count). The van der Waals surface area contributed by atoms with E-state index in [9.17, 15) is 21.6 Å². The van der Waals surface area contributed by atoms with Gasteiger partial charge in [-0.05, 0) is 19.3 Å². The summed E-state index contributed by atoms with van der Waals surface area (Å²) in [5, 5.41) is 2.65. The molecule has 1 aliphatic heterocycles. The summed E-state index contributed by atoms with van der Waals surface area (Å²) in [6.07, 6.45) is 6.11. The SMILES string of the molecule is CS(=O)(=O)N(CC(=O)NC1CCS(=O)(=O)C1)C1CCCCC1. The predicted octanol–water partition coefficient (Wildman–Crippen LogP) is -0.116. The molecule has 1 N–H and O–H groups in total. The van der Waals surface area contributed by atoms with E-state index in [4.69, 9.17) is 0 Å². The minimum Gasteiger partial charge on any atom is -0.351 e. The summed E-state index contributed by atoms with van der Waals surface area (Å²) in [5.74, 6) is -0.393. The van der Waals surface area contributed by atoms with Crippen molar-refractivity contribution in [3.05, 3.63) is 0 Å². The highest BCUT2D eigenvalue weighted by molar-refractivity contribution is 7.91. The monoisotopic (exact) mass is 352 g/mol. The smallest absolute Gasteiger partial charge is 0.235 e. The molecular formula is C13H24N2O5S2. The maximum Gasteiger partial charge on any atom is 0.235 e. The number of nitrogens with zero attached hydrogens (tertiary/aromatic N) is 1. The van der Waals surface area contributed by atoms with Gasteiger partial charge in [0.1, 0.15) is 0 Å². The fraction of sp³-hybridized carbons (Fsp3) is 0.923. The Morgan fingerprint density at radius 1 is 1.18 bits per heavy atom. The van der Waals surface area contributed by atoms with Crippen molar-refractivity contribution in [1.29, 1.82) is 0 Å². The molecule has 2 fully saturated rings. The Labute approximate surface area is 132 Å². The van der Waals surface area contributed by atoms with Gasteiger partial charge in [0.2, 0.25) is 15.9 Å². The third kappa shape index (κ3) is 4.92. The van der Waals surface area contributed by atoms with Gasteiger partial charge in [0.25, 0.3) is 0 Å². The molecule has 1 saturated heterocycles. The summed E-state index contributed by atoms with van der Waals surface area (Å²) < 4.78 is 48.0. The molecule has 128 valence electrons. The summed E-state index contributed by atoms with van der Waals surface area (Å²) in [5.41, 5.74) is 0. The van der Waals surface area contributed by atoms with E-state index in [0.717, 1.165) is 38.4 Å². The molecule has 1 aliphatic carbocycles. The van der Waals surface area contributed by atoms with Crippen molar-refractivity contribution in [2.75, 3.05) is 24.3 Å². The number of hydrogen-bond acceptors (Lipinski definition) is 5. The van der Waals surface area contributed by atoms with E-state index in [-0.39, 0.29) is 24.1 Å². The Kier molecular flexibility index (Phi) is 5.50. The molecule has 0 aromatic carbocycles. The topological polar surface area (TPSA) is 101 Å². The van der Waals surface area contributed by atoms with Crippen LogP contribution in [0, 0.1) is 0 Å². The molecule has 2 aliphatic rings. The molecule has 1 amide bonds.